The van der Waals surface area contributed by atoms with Crippen LogP contribution < -0.4 is 9.47 Å². The number of aliphatic hydroxyl groups excluding tert-OH is 1. The van der Waals surface area contributed by atoms with E-state index in [9.17, 15) is 10.3 Å². The van der Waals surface area contributed by atoms with Crippen LogP contribution in [-0.4, -0.2) is 17.2 Å². The fraction of sp³-hybridized carbons (Fsp3) is 0.667. The number of aliphatic hydroxyl groups is 1. The molecule has 0 aliphatic rings. The summed E-state index contributed by atoms with van der Waals surface area (Å²) in [7, 11) is 1.52. The summed E-state index contributed by atoms with van der Waals surface area (Å²) in [5, 5.41) is 21.4. The van der Waals surface area contributed by atoms with Gasteiger partial charge in [0.15, 0.2) is 6.10 Å². The van der Waals surface area contributed by atoms with Crippen LogP contribution >= 0.6 is 0 Å². The van der Waals surface area contributed by atoms with Gasteiger partial charge in [0.1, 0.15) is 5.69 Å². The van der Waals surface area contributed by atoms with Crippen LogP contribution in [0.3, 0.4) is 0 Å². The quantitative estimate of drug-likeness (QED) is 0.626. The summed E-state index contributed by atoms with van der Waals surface area (Å²) in [5.74, 6) is 0.588. The predicted octanol–water partition coefficient (Wildman–Crippen LogP) is 1.38. The van der Waals surface area contributed by atoms with Crippen molar-refractivity contribution in [1.82, 2.24) is 4.98 Å². The molecule has 1 atom stereocenters. The summed E-state index contributed by atoms with van der Waals surface area (Å²) in [6.45, 7) is 9.14. The van der Waals surface area contributed by atoms with Gasteiger partial charge < -0.3 is 15.1 Å². The zero-order valence-electron chi connectivity index (χ0n) is 11.2. The number of hydrogen-bond donors (Lipinski definition) is 1. The van der Waals surface area contributed by atoms with Gasteiger partial charge in [0.25, 0.3) is 0 Å². The van der Waals surface area contributed by atoms with Crippen LogP contribution in [-0.2, 0) is 5.41 Å². The predicted molar refractivity (Wildman–Crippen MR) is 63.8 cm³/mol. The summed E-state index contributed by atoms with van der Waals surface area (Å²) in [6, 6.07) is 0. The Labute approximate surface area is 102 Å². The summed E-state index contributed by atoms with van der Waals surface area (Å²) < 4.78 is 5.88. The van der Waals surface area contributed by atoms with E-state index in [0.717, 1.165) is 0 Å². The molecule has 1 heterocycles. The molecule has 0 saturated heterocycles. The van der Waals surface area contributed by atoms with Crippen LogP contribution in [0.25, 0.3) is 0 Å². The third-order valence-electron chi connectivity index (χ3n) is 2.57. The van der Waals surface area contributed by atoms with Crippen molar-refractivity contribution in [3.05, 3.63) is 22.4 Å². The third-order valence-corrected chi connectivity index (χ3v) is 2.57. The molecule has 0 amide bonds. The highest BCUT2D eigenvalue weighted by atomic mass is 16.5. The van der Waals surface area contributed by atoms with Gasteiger partial charge in [-0.15, -0.1) is 0 Å². The van der Waals surface area contributed by atoms with Crippen molar-refractivity contribution in [1.29, 1.82) is 0 Å². The van der Waals surface area contributed by atoms with Gasteiger partial charge in [-0.3, -0.25) is 0 Å². The maximum Gasteiger partial charge on any atom is 0.330 e. The minimum atomic E-state index is -0.904. The first-order chi connectivity index (χ1) is 7.70. The van der Waals surface area contributed by atoms with Crippen molar-refractivity contribution >= 4 is 0 Å². The van der Waals surface area contributed by atoms with Crippen molar-refractivity contribution in [2.75, 3.05) is 7.11 Å². The Morgan fingerprint density at radius 2 is 1.94 bits per heavy atom. The number of methoxy groups -OCH3 is 1. The molecule has 0 bridgehead atoms. The van der Waals surface area contributed by atoms with Crippen LogP contribution in [0.1, 0.15) is 51.0 Å². The van der Waals surface area contributed by atoms with E-state index in [4.69, 9.17) is 4.74 Å². The molecule has 0 fully saturated rings. The number of rotatable bonds is 2. The van der Waals surface area contributed by atoms with E-state index >= 15 is 0 Å². The van der Waals surface area contributed by atoms with Crippen molar-refractivity contribution in [2.24, 2.45) is 0 Å². The molecule has 0 aromatic carbocycles. The highest BCUT2D eigenvalue weighted by Gasteiger charge is 2.32. The van der Waals surface area contributed by atoms with E-state index in [0.29, 0.717) is 21.9 Å². The Kier molecular flexibility index (Phi) is 3.62. The first-order valence-corrected chi connectivity index (χ1v) is 5.56. The first kappa shape index (κ1) is 13.7. The van der Waals surface area contributed by atoms with Gasteiger partial charge in [0, 0.05) is 12.3 Å². The van der Waals surface area contributed by atoms with Gasteiger partial charge in [-0.05, 0) is 11.9 Å². The van der Waals surface area contributed by atoms with Gasteiger partial charge in [-0.1, -0.05) is 20.8 Å². The molecular formula is C12H20N2O3. The van der Waals surface area contributed by atoms with Gasteiger partial charge in [0.2, 0.25) is 11.4 Å². The largest absolute Gasteiger partial charge is 0.710 e. The summed E-state index contributed by atoms with van der Waals surface area (Å²) in [6.07, 6.45) is -0.904. The van der Waals surface area contributed by atoms with Crippen LogP contribution in [0.5, 0.6) is 5.75 Å². The lowest BCUT2D eigenvalue weighted by atomic mass is 9.90. The average Bonchev–Trinajstić information content (AvgIpc) is 2.19. The second kappa shape index (κ2) is 4.49. The van der Waals surface area contributed by atoms with Crippen molar-refractivity contribution < 1.29 is 14.6 Å². The lowest BCUT2D eigenvalue weighted by molar-refractivity contribution is -0.629. The molecule has 0 spiro atoms. The van der Waals surface area contributed by atoms with E-state index in [1.807, 2.05) is 20.8 Å². The highest BCUT2D eigenvalue weighted by molar-refractivity contribution is 5.34. The smallest absolute Gasteiger partial charge is 0.330 e. The molecule has 1 N–H and O–H groups in total. The molecule has 5 nitrogen and oxygen atoms in total. The standard InChI is InChI=1S/C12H20N2O3/c1-7-9(17-6)10(12(3,4)5)13-11(8(2)15)14(7)16/h8,15H,1-6H3/t8-/m0/s1. The normalized spacial score (nSPS) is 13.6. The van der Waals surface area contributed by atoms with Crippen LogP contribution in [0.15, 0.2) is 0 Å². The molecule has 17 heavy (non-hydrogen) atoms. The SMILES string of the molecule is COc1c(C(C)(C)C)nc([C@H](C)O)[n+]([O-])c1C. The maximum absolute atomic E-state index is 11.9. The van der Waals surface area contributed by atoms with Crippen molar-refractivity contribution in [2.45, 2.75) is 46.1 Å². The molecule has 0 aliphatic carbocycles. The van der Waals surface area contributed by atoms with Crippen LogP contribution in [0.2, 0.25) is 0 Å². The van der Waals surface area contributed by atoms with Crippen LogP contribution in [0.4, 0.5) is 0 Å². The van der Waals surface area contributed by atoms with E-state index in [1.54, 1.807) is 6.92 Å². The molecule has 0 aliphatic heterocycles. The Morgan fingerprint density at radius 3 is 2.29 bits per heavy atom. The van der Waals surface area contributed by atoms with Gasteiger partial charge in [-0.2, -0.15) is 0 Å². The monoisotopic (exact) mass is 240 g/mol. The fourth-order valence-corrected chi connectivity index (χ4v) is 1.66. The molecule has 5 heteroatoms. The minimum Gasteiger partial charge on any atom is -0.710 e. The fourth-order valence-electron chi connectivity index (χ4n) is 1.66. The second-order valence-electron chi connectivity index (χ2n) is 5.16. The topological polar surface area (TPSA) is 69.3 Å². The van der Waals surface area contributed by atoms with E-state index in [-0.39, 0.29) is 11.2 Å². The first-order valence-electron chi connectivity index (χ1n) is 5.56. The van der Waals surface area contributed by atoms with E-state index in [2.05, 4.69) is 4.98 Å². The zero-order chi connectivity index (χ0) is 13.4. The Bertz CT molecular complexity index is 423. The van der Waals surface area contributed by atoms with Gasteiger partial charge >= 0.3 is 5.82 Å². The number of hydrogen-bond acceptors (Lipinski definition) is 4. The average molecular weight is 240 g/mol. The van der Waals surface area contributed by atoms with Crippen molar-refractivity contribution in [3.63, 3.8) is 0 Å². The van der Waals surface area contributed by atoms with Crippen LogP contribution in [0, 0.1) is 12.1 Å². The molecule has 96 valence electrons. The Balaban J connectivity index is 3.59. The second-order valence-corrected chi connectivity index (χ2v) is 5.16. The molecule has 0 unspecified atom stereocenters. The zero-order valence-corrected chi connectivity index (χ0v) is 11.2. The lowest BCUT2D eigenvalue weighted by Gasteiger charge is -2.21. The van der Waals surface area contributed by atoms with E-state index in [1.165, 1.54) is 14.0 Å². The molecule has 0 radical (unpaired) electrons. The number of nitrogens with zero attached hydrogens (tertiary/aromatic N) is 2. The van der Waals surface area contributed by atoms with E-state index < -0.39 is 6.10 Å². The molecule has 1 aromatic rings. The molecular weight excluding hydrogens is 220 g/mol. The number of ether oxygens (including phenoxy) is 1. The van der Waals surface area contributed by atoms with Gasteiger partial charge in [-0.25, -0.2) is 4.73 Å². The molecule has 1 aromatic heterocycles. The maximum atomic E-state index is 11.9. The molecule has 1 rings (SSSR count). The lowest BCUT2D eigenvalue weighted by Crippen LogP contribution is -2.40. The summed E-state index contributed by atoms with van der Waals surface area (Å²) >= 11 is 0. The minimum absolute atomic E-state index is 0.105. The number of aromatic nitrogens is 2. The Morgan fingerprint density at radius 1 is 1.41 bits per heavy atom. The van der Waals surface area contributed by atoms with Crippen molar-refractivity contribution in [3.8, 4) is 5.75 Å². The Hall–Kier alpha value is -1.36. The summed E-state index contributed by atoms with van der Waals surface area (Å²) in [5.41, 5.74) is 0.845. The molecule has 0 saturated carbocycles. The van der Waals surface area contributed by atoms with Gasteiger partial charge in [0.05, 0.1) is 7.11 Å². The summed E-state index contributed by atoms with van der Waals surface area (Å²) in [4.78, 5) is 4.25. The third kappa shape index (κ3) is 2.49. The highest BCUT2D eigenvalue weighted by Crippen LogP contribution is 2.31.